The summed E-state index contributed by atoms with van der Waals surface area (Å²) in [6.07, 6.45) is 9.64. The highest BCUT2D eigenvalue weighted by atomic mass is 16.5. The van der Waals surface area contributed by atoms with E-state index >= 15 is 0 Å². The lowest BCUT2D eigenvalue weighted by atomic mass is 9.95. The number of rotatable bonds is 9. The zero-order valence-corrected chi connectivity index (χ0v) is 21.7. The second-order valence-electron chi connectivity index (χ2n) is 10.6. The van der Waals surface area contributed by atoms with E-state index in [1.165, 1.54) is 38.6 Å². The topological polar surface area (TPSA) is 65.1 Å². The summed E-state index contributed by atoms with van der Waals surface area (Å²) in [5.74, 6) is 1.36. The number of piperidine rings is 1. The molecule has 4 rings (SSSR count). The Morgan fingerprint density at radius 2 is 1.77 bits per heavy atom. The van der Waals surface area contributed by atoms with Gasteiger partial charge in [-0.1, -0.05) is 25.3 Å². The fraction of sp³-hybridized carbons (Fsp3) is 0.714. The first-order valence-corrected chi connectivity index (χ1v) is 13.8. The van der Waals surface area contributed by atoms with Gasteiger partial charge in [-0.15, -0.1) is 0 Å². The molecule has 0 aromatic heterocycles. The molecule has 0 radical (unpaired) electrons. The zero-order valence-electron chi connectivity index (χ0n) is 21.7. The smallest absolute Gasteiger partial charge is 0.254 e. The molecule has 2 amide bonds. The van der Waals surface area contributed by atoms with Gasteiger partial charge in [0.2, 0.25) is 5.91 Å². The van der Waals surface area contributed by atoms with E-state index in [9.17, 15) is 9.59 Å². The molecule has 7 nitrogen and oxygen atoms in total. The summed E-state index contributed by atoms with van der Waals surface area (Å²) in [5, 5.41) is 3.28. The number of piperazine rings is 1. The van der Waals surface area contributed by atoms with Crippen molar-refractivity contribution in [3.8, 4) is 5.75 Å². The largest absolute Gasteiger partial charge is 0.497 e. The number of amides is 2. The van der Waals surface area contributed by atoms with Crippen LogP contribution in [-0.2, 0) is 4.79 Å². The minimum absolute atomic E-state index is 0.0392. The van der Waals surface area contributed by atoms with Crippen LogP contribution in [0.4, 0.5) is 0 Å². The van der Waals surface area contributed by atoms with E-state index < -0.39 is 0 Å². The summed E-state index contributed by atoms with van der Waals surface area (Å²) < 4.78 is 5.28. The number of hydrogen-bond donors (Lipinski definition) is 1. The molecule has 3 aliphatic rings. The number of likely N-dealkylation sites (tertiary alicyclic amines) is 1. The molecule has 2 unspecified atom stereocenters. The molecule has 1 aromatic carbocycles. The predicted molar refractivity (Wildman–Crippen MR) is 139 cm³/mol. The standard InChI is InChI=1S/C28H44N4O3/c1-22-9-5-6-15-30(22)16-8-14-29-27(33)26(23-10-3-4-11-23)31-17-19-32(20-18-31)28(34)24-12-7-13-25(21-24)35-2/h7,12-13,21-23,26H,3-6,8-11,14-20H2,1-2H3,(H,29,33). The normalized spacial score (nSPS) is 23.3. The van der Waals surface area contributed by atoms with E-state index in [1.807, 2.05) is 23.1 Å². The van der Waals surface area contributed by atoms with E-state index in [1.54, 1.807) is 13.2 Å². The lowest BCUT2D eigenvalue weighted by molar-refractivity contribution is -0.129. The van der Waals surface area contributed by atoms with Crippen LogP contribution < -0.4 is 10.1 Å². The monoisotopic (exact) mass is 484 g/mol. The van der Waals surface area contributed by atoms with Gasteiger partial charge >= 0.3 is 0 Å². The van der Waals surface area contributed by atoms with Crippen molar-refractivity contribution in [2.75, 3.05) is 52.9 Å². The Morgan fingerprint density at radius 3 is 2.49 bits per heavy atom. The van der Waals surface area contributed by atoms with Gasteiger partial charge in [0.05, 0.1) is 13.2 Å². The molecular formula is C28H44N4O3. The number of nitrogens with one attached hydrogen (secondary N) is 1. The van der Waals surface area contributed by atoms with E-state index in [4.69, 9.17) is 4.74 Å². The van der Waals surface area contributed by atoms with Crippen LogP contribution >= 0.6 is 0 Å². The molecule has 35 heavy (non-hydrogen) atoms. The molecule has 194 valence electrons. The number of nitrogens with zero attached hydrogens (tertiary/aromatic N) is 3. The fourth-order valence-electron chi connectivity index (χ4n) is 6.18. The van der Waals surface area contributed by atoms with Gasteiger partial charge in [0, 0.05) is 50.9 Å². The third kappa shape index (κ3) is 6.76. The first-order valence-electron chi connectivity index (χ1n) is 13.8. The van der Waals surface area contributed by atoms with Crippen molar-refractivity contribution in [2.45, 2.75) is 70.4 Å². The second-order valence-corrected chi connectivity index (χ2v) is 10.6. The minimum atomic E-state index is -0.0690. The Morgan fingerprint density at radius 1 is 1.03 bits per heavy atom. The van der Waals surface area contributed by atoms with Crippen LogP contribution in [0.15, 0.2) is 24.3 Å². The number of carbonyl (C=O) groups excluding carboxylic acids is 2. The van der Waals surface area contributed by atoms with E-state index in [-0.39, 0.29) is 17.9 Å². The molecular weight excluding hydrogens is 440 g/mol. The van der Waals surface area contributed by atoms with Gasteiger partial charge in [0.1, 0.15) is 5.75 Å². The zero-order chi connectivity index (χ0) is 24.6. The van der Waals surface area contributed by atoms with E-state index in [2.05, 4.69) is 22.0 Å². The molecule has 1 aromatic rings. The van der Waals surface area contributed by atoms with Gasteiger partial charge in [0.25, 0.3) is 5.91 Å². The van der Waals surface area contributed by atoms with Gasteiger partial charge in [-0.3, -0.25) is 14.5 Å². The van der Waals surface area contributed by atoms with Gasteiger partial charge in [-0.25, -0.2) is 0 Å². The number of hydrogen-bond acceptors (Lipinski definition) is 5. The minimum Gasteiger partial charge on any atom is -0.497 e. The number of benzene rings is 1. The van der Waals surface area contributed by atoms with E-state index in [0.29, 0.717) is 36.4 Å². The predicted octanol–water partition coefficient (Wildman–Crippen LogP) is 3.39. The Balaban J connectivity index is 1.29. The van der Waals surface area contributed by atoms with Crippen LogP contribution in [0, 0.1) is 5.92 Å². The summed E-state index contributed by atoms with van der Waals surface area (Å²) in [6, 6.07) is 7.95. The summed E-state index contributed by atoms with van der Waals surface area (Å²) >= 11 is 0. The lowest BCUT2D eigenvalue weighted by Gasteiger charge is -2.41. The molecule has 1 saturated carbocycles. The first-order chi connectivity index (χ1) is 17.1. The molecule has 2 saturated heterocycles. The molecule has 2 atom stereocenters. The summed E-state index contributed by atoms with van der Waals surface area (Å²) in [6.45, 7) is 8.13. The Hall–Kier alpha value is -2.12. The molecule has 7 heteroatoms. The third-order valence-corrected chi connectivity index (χ3v) is 8.29. The average molecular weight is 485 g/mol. The van der Waals surface area contributed by atoms with Gasteiger partial charge in [-0.2, -0.15) is 0 Å². The Labute approximate surface area is 211 Å². The van der Waals surface area contributed by atoms with Crippen LogP contribution in [0.2, 0.25) is 0 Å². The van der Waals surface area contributed by atoms with Crippen LogP contribution in [0.5, 0.6) is 5.75 Å². The van der Waals surface area contributed by atoms with E-state index in [0.717, 1.165) is 45.4 Å². The molecule has 3 fully saturated rings. The van der Waals surface area contributed by atoms with Crippen LogP contribution in [-0.4, -0.2) is 91.5 Å². The summed E-state index contributed by atoms with van der Waals surface area (Å²) in [5.41, 5.74) is 0.658. The molecule has 1 aliphatic carbocycles. The SMILES string of the molecule is COc1cccc(C(=O)N2CCN(C(C(=O)NCCCN3CCCCC3C)C3CCCC3)CC2)c1. The van der Waals surface area contributed by atoms with Crippen LogP contribution in [0.1, 0.15) is 68.6 Å². The molecule has 2 aliphatic heterocycles. The van der Waals surface area contributed by atoms with Crippen LogP contribution in [0.3, 0.4) is 0 Å². The van der Waals surface area contributed by atoms with Crippen molar-refractivity contribution >= 4 is 11.8 Å². The summed E-state index contributed by atoms with van der Waals surface area (Å²) in [7, 11) is 1.62. The molecule has 0 bridgehead atoms. The highest BCUT2D eigenvalue weighted by molar-refractivity contribution is 5.94. The van der Waals surface area contributed by atoms with Crippen molar-refractivity contribution in [2.24, 2.45) is 5.92 Å². The molecule has 0 spiro atoms. The Bertz CT molecular complexity index is 833. The van der Waals surface area contributed by atoms with Crippen molar-refractivity contribution in [1.29, 1.82) is 0 Å². The van der Waals surface area contributed by atoms with Crippen molar-refractivity contribution < 1.29 is 14.3 Å². The molecule has 1 N–H and O–H groups in total. The van der Waals surface area contributed by atoms with Crippen molar-refractivity contribution in [1.82, 2.24) is 20.0 Å². The van der Waals surface area contributed by atoms with Crippen molar-refractivity contribution in [3.05, 3.63) is 29.8 Å². The number of ether oxygens (including phenoxy) is 1. The van der Waals surface area contributed by atoms with Crippen LogP contribution in [0.25, 0.3) is 0 Å². The maximum atomic E-state index is 13.4. The second kappa shape index (κ2) is 12.7. The Kier molecular flexibility index (Phi) is 9.44. The third-order valence-electron chi connectivity index (χ3n) is 8.29. The molecule has 2 heterocycles. The number of carbonyl (C=O) groups is 2. The van der Waals surface area contributed by atoms with Gasteiger partial charge < -0.3 is 19.9 Å². The highest BCUT2D eigenvalue weighted by Crippen LogP contribution is 2.31. The average Bonchev–Trinajstić information content (AvgIpc) is 3.42. The quantitative estimate of drug-likeness (QED) is 0.545. The van der Waals surface area contributed by atoms with Gasteiger partial charge in [0.15, 0.2) is 0 Å². The summed E-state index contributed by atoms with van der Waals surface area (Å²) in [4.78, 5) is 33.2. The maximum absolute atomic E-state index is 13.4. The van der Waals surface area contributed by atoms with Gasteiger partial charge in [-0.05, 0) is 69.7 Å². The lowest BCUT2D eigenvalue weighted by Crippen LogP contribution is -2.58. The fourth-order valence-corrected chi connectivity index (χ4v) is 6.18. The first kappa shape index (κ1) is 26.0. The van der Waals surface area contributed by atoms with Crippen molar-refractivity contribution in [3.63, 3.8) is 0 Å². The maximum Gasteiger partial charge on any atom is 0.254 e. The highest BCUT2D eigenvalue weighted by Gasteiger charge is 2.37. The number of methoxy groups -OCH3 is 1.